The molecule has 2 heterocycles. The SMILES string of the molecule is CC(=O)c1ccc(N2CCN(C(=O)C[C@@H]3CCS(=O)(=O)C3)CC2)cc1. The Kier molecular flexibility index (Phi) is 5.13. The first-order valence-electron chi connectivity index (χ1n) is 8.68. The van der Waals surface area contributed by atoms with Gasteiger partial charge in [-0.2, -0.15) is 0 Å². The minimum Gasteiger partial charge on any atom is -0.368 e. The summed E-state index contributed by atoms with van der Waals surface area (Å²) < 4.78 is 23.0. The van der Waals surface area contributed by atoms with Crippen molar-refractivity contribution in [3.63, 3.8) is 0 Å². The predicted molar refractivity (Wildman–Crippen MR) is 96.6 cm³/mol. The van der Waals surface area contributed by atoms with Crippen molar-refractivity contribution < 1.29 is 18.0 Å². The molecule has 1 atom stereocenters. The zero-order chi connectivity index (χ0) is 18.0. The number of Topliss-reactive ketones (excluding diaryl/α,β-unsaturated/α-hetero) is 1. The average molecular weight is 364 g/mol. The predicted octanol–water partition coefficient (Wildman–Crippen LogP) is 1.36. The molecule has 0 bridgehead atoms. The molecule has 3 rings (SSSR count). The van der Waals surface area contributed by atoms with E-state index in [1.807, 2.05) is 29.2 Å². The van der Waals surface area contributed by atoms with Gasteiger partial charge in [0.1, 0.15) is 0 Å². The van der Waals surface area contributed by atoms with E-state index in [1.165, 1.54) is 0 Å². The standard InChI is InChI=1S/C18H24N2O4S/c1-14(21)16-2-4-17(5-3-16)19-7-9-20(10-8-19)18(22)12-15-6-11-25(23,24)13-15/h2-5,15H,6-13H2,1H3/t15-/m0/s1. The number of piperazine rings is 1. The molecule has 0 spiro atoms. The molecule has 0 aromatic heterocycles. The highest BCUT2D eigenvalue weighted by Gasteiger charge is 2.31. The molecule has 2 saturated heterocycles. The van der Waals surface area contributed by atoms with Crippen molar-refractivity contribution in [1.82, 2.24) is 4.90 Å². The highest BCUT2D eigenvalue weighted by molar-refractivity contribution is 7.91. The molecule has 0 unspecified atom stereocenters. The summed E-state index contributed by atoms with van der Waals surface area (Å²) in [6.07, 6.45) is 0.947. The Morgan fingerprint density at radius 2 is 1.72 bits per heavy atom. The second-order valence-electron chi connectivity index (χ2n) is 6.94. The number of amides is 1. The summed E-state index contributed by atoms with van der Waals surface area (Å²) in [7, 11) is -2.93. The first kappa shape index (κ1) is 17.9. The number of sulfone groups is 1. The Hall–Kier alpha value is -1.89. The average Bonchev–Trinajstić information content (AvgIpc) is 2.93. The Bertz CT molecular complexity index is 750. The van der Waals surface area contributed by atoms with Gasteiger partial charge in [0.05, 0.1) is 11.5 Å². The number of carbonyl (C=O) groups excluding carboxylic acids is 2. The quantitative estimate of drug-likeness (QED) is 0.754. The summed E-state index contributed by atoms with van der Waals surface area (Å²) in [5, 5.41) is 0. The van der Waals surface area contributed by atoms with Crippen LogP contribution >= 0.6 is 0 Å². The summed E-state index contributed by atoms with van der Waals surface area (Å²) in [5.74, 6) is 0.468. The van der Waals surface area contributed by atoms with E-state index in [0.29, 0.717) is 31.5 Å². The van der Waals surface area contributed by atoms with Gasteiger partial charge in [-0.15, -0.1) is 0 Å². The first-order chi connectivity index (χ1) is 11.8. The van der Waals surface area contributed by atoms with E-state index in [1.54, 1.807) is 6.92 Å². The molecule has 0 saturated carbocycles. The zero-order valence-electron chi connectivity index (χ0n) is 14.5. The third-order valence-corrected chi connectivity index (χ3v) is 6.90. The number of anilines is 1. The van der Waals surface area contributed by atoms with Crippen LogP contribution < -0.4 is 4.90 Å². The van der Waals surface area contributed by atoms with Crippen LogP contribution in [0.5, 0.6) is 0 Å². The van der Waals surface area contributed by atoms with Gasteiger partial charge in [0.25, 0.3) is 0 Å². The maximum Gasteiger partial charge on any atom is 0.223 e. The van der Waals surface area contributed by atoms with Gasteiger partial charge in [0.15, 0.2) is 15.6 Å². The molecule has 2 aliphatic rings. The van der Waals surface area contributed by atoms with Crippen LogP contribution in [-0.4, -0.2) is 62.7 Å². The van der Waals surface area contributed by atoms with Crippen molar-refractivity contribution in [2.75, 3.05) is 42.6 Å². The van der Waals surface area contributed by atoms with Crippen molar-refractivity contribution in [2.24, 2.45) is 5.92 Å². The van der Waals surface area contributed by atoms with E-state index >= 15 is 0 Å². The molecule has 7 heteroatoms. The lowest BCUT2D eigenvalue weighted by molar-refractivity contribution is -0.132. The van der Waals surface area contributed by atoms with Gasteiger partial charge in [-0.05, 0) is 43.5 Å². The summed E-state index contributed by atoms with van der Waals surface area (Å²) >= 11 is 0. The normalized spacial score (nSPS) is 22.8. The van der Waals surface area contributed by atoms with Crippen LogP contribution in [0.4, 0.5) is 5.69 Å². The molecule has 2 aliphatic heterocycles. The molecule has 2 fully saturated rings. The third-order valence-electron chi connectivity index (χ3n) is 5.06. The van der Waals surface area contributed by atoms with Crippen LogP contribution in [0.2, 0.25) is 0 Å². The third kappa shape index (κ3) is 4.39. The van der Waals surface area contributed by atoms with Gasteiger partial charge in [-0.3, -0.25) is 9.59 Å². The molecule has 0 radical (unpaired) electrons. The van der Waals surface area contributed by atoms with Crippen molar-refractivity contribution in [1.29, 1.82) is 0 Å². The summed E-state index contributed by atoms with van der Waals surface area (Å²) in [6.45, 7) is 4.33. The van der Waals surface area contributed by atoms with Crippen molar-refractivity contribution in [3.05, 3.63) is 29.8 Å². The largest absolute Gasteiger partial charge is 0.368 e. The molecule has 6 nitrogen and oxygen atoms in total. The van der Waals surface area contributed by atoms with E-state index in [0.717, 1.165) is 18.8 Å². The fraction of sp³-hybridized carbons (Fsp3) is 0.556. The smallest absolute Gasteiger partial charge is 0.223 e. The first-order valence-corrected chi connectivity index (χ1v) is 10.5. The van der Waals surface area contributed by atoms with Gasteiger partial charge >= 0.3 is 0 Å². The Labute approximate surface area is 148 Å². The number of hydrogen-bond donors (Lipinski definition) is 0. The van der Waals surface area contributed by atoms with Crippen molar-refractivity contribution >= 4 is 27.2 Å². The van der Waals surface area contributed by atoms with Crippen molar-refractivity contribution in [3.8, 4) is 0 Å². The van der Waals surface area contributed by atoms with Gasteiger partial charge < -0.3 is 9.80 Å². The fourth-order valence-electron chi connectivity index (χ4n) is 3.53. The molecule has 0 N–H and O–H groups in total. The minimum absolute atomic E-state index is 0.0188. The summed E-state index contributed by atoms with van der Waals surface area (Å²) in [5.41, 5.74) is 1.75. The van der Waals surface area contributed by atoms with Crippen LogP contribution in [0.15, 0.2) is 24.3 Å². The fourth-order valence-corrected chi connectivity index (χ4v) is 5.39. The Morgan fingerprint density at radius 1 is 1.08 bits per heavy atom. The van der Waals surface area contributed by atoms with Gasteiger partial charge in [0.2, 0.25) is 5.91 Å². The topological polar surface area (TPSA) is 74.8 Å². The number of hydrogen-bond acceptors (Lipinski definition) is 5. The van der Waals surface area contributed by atoms with E-state index in [2.05, 4.69) is 4.90 Å². The number of benzene rings is 1. The number of ketones is 1. The summed E-state index contributed by atoms with van der Waals surface area (Å²) in [6, 6.07) is 7.54. The van der Waals surface area contributed by atoms with Crippen LogP contribution in [0, 0.1) is 5.92 Å². The second-order valence-corrected chi connectivity index (χ2v) is 9.17. The number of carbonyl (C=O) groups is 2. The highest BCUT2D eigenvalue weighted by atomic mass is 32.2. The van der Waals surface area contributed by atoms with Crippen LogP contribution in [0.25, 0.3) is 0 Å². The number of nitrogens with zero attached hydrogens (tertiary/aromatic N) is 2. The molecular weight excluding hydrogens is 340 g/mol. The van der Waals surface area contributed by atoms with Gasteiger partial charge in [-0.25, -0.2) is 8.42 Å². The zero-order valence-corrected chi connectivity index (χ0v) is 15.3. The molecule has 1 aromatic carbocycles. The van der Waals surface area contributed by atoms with E-state index in [9.17, 15) is 18.0 Å². The molecule has 25 heavy (non-hydrogen) atoms. The number of rotatable bonds is 4. The lowest BCUT2D eigenvalue weighted by atomic mass is 10.0. The lowest BCUT2D eigenvalue weighted by Gasteiger charge is -2.36. The lowest BCUT2D eigenvalue weighted by Crippen LogP contribution is -2.49. The second kappa shape index (κ2) is 7.15. The van der Waals surface area contributed by atoms with Crippen LogP contribution in [0.1, 0.15) is 30.1 Å². The summed E-state index contributed by atoms with van der Waals surface area (Å²) in [4.78, 5) is 27.8. The van der Waals surface area contributed by atoms with E-state index in [-0.39, 0.29) is 29.1 Å². The maximum absolute atomic E-state index is 12.4. The monoisotopic (exact) mass is 364 g/mol. The van der Waals surface area contributed by atoms with E-state index in [4.69, 9.17) is 0 Å². The molecule has 1 aromatic rings. The minimum atomic E-state index is -2.93. The van der Waals surface area contributed by atoms with E-state index < -0.39 is 9.84 Å². The maximum atomic E-state index is 12.4. The molecule has 1 amide bonds. The van der Waals surface area contributed by atoms with Gasteiger partial charge in [0, 0.05) is 43.9 Å². The van der Waals surface area contributed by atoms with Crippen LogP contribution in [0.3, 0.4) is 0 Å². The van der Waals surface area contributed by atoms with Crippen molar-refractivity contribution in [2.45, 2.75) is 19.8 Å². The van der Waals surface area contributed by atoms with Crippen LogP contribution in [-0.2, 0) is 14.6 Å². The van der Waals surface area contributed by atoms with Gasteiger partial charge in [-0.1, -0.05) is 0 Å². The highest BCUT2D eigenvalue weighted by Crippen LogP contribution is 2.23. The molecule has 0 aliphatic carbocycles. The molecular formula is C18H24N2O4S. The Balaban J connectivity index is 1.51. The Morgan fingerprint density at radius 3 is 2.24 bits per heavy atom. The molecule has 136 valence electrons.